The molecule has 0 aliphatic heterocycles. The van der Waals surface area contributed by atoms with Crippen LogP contribution in [0.3, 0.4) is 0 Å². The van der Waals surface area contributed by atoms with Crippen molar-refractivity contribution in [3.05, 3.63) is 63.2 Å². The van der Waals surface area contributed by atoms with Crippen LogP contribution >= 0.6 is 0 Å². The smallest absolute Gasteiger partial charge is 0.272 e. The summed E-state index contributed by atoms with van der Waals surface area (Å²) in [5.74, 6) is 0.230. The first kappa shape index (κ1) is 14.8. The van der Waals surface area contributed by atoms with Gasteiger partial charge >= 0.3 is 0 Å². The van der Waals surface area contributed by atoms with Gasteiger partial charge in [-0.3, -0.25) is 10.1 Å². The molecule has 0 aromatic heterocycles. The molecule has 0 aliphatic carbocycles. The molecule has 2 rings (SSSR count). The molecule has 2 N–H and O–H groups in total. The highest BCUT2D eigenvalue weighted by Crippen LogP contribution is 2.29. The van der Waals surface area contributed by atoms with E-state index >= 15 is 0 Å². The number of benzene rings is 2. The van der Waals surface area contributed by atoms with E-state index < -0.39 is 0 Å². The first-order valence-corrected chi connectivity index (χ1v) is 6.69. The van der Waals surface area contributed by atoms with E-state index in [0.29, 0.717) is 5.56 Å². The summed E-state index contributed by atoms with van der Waals surface area (Å²) in [7, 11) is 0. The number of hydrogen-bond donors (Lipinski definition) is 2. The maximum absolute atomic E-state index is 10.9. The number of nitrogens with one attached hydrogen (secondary N) is 1. The molecule has 110 valence electrons. The van der Waals surface area contributed by atoms with Crippen molar-refractivity contribution >= 4 is 11.4 Å². The van der Waals surface area contributed by atoms with Crippen LogP contribution in [0.1, 0.15) is 29.7 Å². The van der Waals surface area contributed by atoms with Crippen molar-refractivity contribution in [2.75, 3.05) is 5.32 Å². The van der Waals surface area contributed by atoms with Gasteiger partial charge in [0, 0.05) is 23.4 Å². The van der Waals surface area contributed by atoms with Gasteiger partial charge in [0.05, 0.1) is 4.92 Å². The van der Waals surface area contributed by atoms with Crippen LogP contribution in [0.4, 0.5) is 11.4 Å². The van der Waals surface area contributed by atoms with Crippen LogP contribution in [0.2, 0.25) is 0 Å². The Hall–Kier alpha value is -2.56. The van der Waals surface area contributed by atoms with E-state index in [1.54, 1.807) is 31.2 Å². The number of nitro benzene ring substituents is 1. The van der Waals surface area contributed by atoms with E-state index in [4.69, 9.17) is 0 Å². The third-order valence-electron chi connectivity index (χ3n) is 3.50. The van der Waals surface area contributed by atoms with Gasteiger partial charge in [-0.1, -0.05) is 12.1 Å². The molecular formula is C16H18N2O3. The Kier molecular flexibility index (Phi) is 4.12. The van der Waals surface area contributed by atoms with Gasteiger partial charge in [-0.2, -0.15) is 0 Å². The molecule has 2 aromatic carbocycles. The van der Waals surface area contributed by atoms with Crippen molar-refractivity contribution in [2.45, 2.75) is 26.8 Å². The van der Waals surface area contributed by atoms with Gasteiger partial charge in [0.25, 0.3) is 5.69 Å². The molecule has 0 bridgehead atoms. The summed E-state index contributed by atoms with van der Waals surface area (Å²) in [5, 5.41) is 23.6. The molecule has 0 heterocycles. The zero-order valence-electron chi connectivity index (χ0n) is 12.3. The van der Waals surface area contributed by atoms with Gasteiger partial charge in [-0.15, -0.1) is 0 Å². The van der Waals surface area contributed by atoms with Gasteiger partial charge in [0.1, 0.15) is 5.75 Å². The lowest BCUT2D eigenvalue weighted by Gasteiger charge is -2.18. The Labute approximate surface area is 123 Å². The fraction of sp³-hybridized carbons (Fsp3) is 0.250. The predicted octanol–water partition coefficient (Wildman–Crippen LogP) is 4.09. The fourth-order valence-electron chi connectivity index (χ4n) is 2.23. The average Bonchev–Trinajstić information content (AvgIpc) is 2.42. The average molecular weight is 286 g/mol. The molecule has 0 saturated carbocycles. The van der Waals surface area contributed by atoms with E-state index in [0.717, 1.165) is 16.8 Å². The molecule has 0 saturated heterocycles. The van der Waals surface area contributed by atoms with Crippen LogP contribution in [0.15, 0.2) is 36.4 Å². The van der Waals surface area contributed by atoms with E-state index in [9.17, 15) is 15.2 Å². The largest absolute Gasteiger partial charge is 0.508 e. The van der Waals surface area contributed by atoms with Crippen molar-refractivity contribution < 1.29 is 10.0 Å². The lowest BCUT2D eigenvalue weighted by Crippen LogP contribution is -2.08. The Morgan fingerprint density at radius 1 is 1.14 bits per heavy atom. The monoisotopic (exact) mass is 286 g/mol. The topological polar surface area (TPSA) is 75.4 Å². The van der Waals surface area contributed by atoms with Crippen LogP contribution in [-0.2, 0) is 0 Å². The van der Waals surface area contributed by atoms with E-state index in [-0.39, 0.29) is 22.4 Å². The molecule has 0 amide bonds. The van der Waals surface area contributed by atoms with Crippen LogP contribution in [0.25, 0.3) is 0 Å². The van der Waals surface area contributed by atoms with Gasteiger partial charge in [-0.05, 0) is 50.1 Å². The Bertz CT molecular complexity index is 666. The molecule has 2 aromatic rings. The number of hydrogen-bond acceptors (Lipinski definition) is 4. The number of aryl methyl sites for hydroxylation is 2. The number of anilines is 1. The summed E-state index contributed by atoms with van der Waals surface area (Å²) in [6, 6.07) is 10.4. The Morgan fingerprint density at radius 3 is 2.33 bits per heavy atom. The fourth-order valence-corrected chi connectivity index (χ4v) is 2.23. The minimum absolute atomic E-state index is 0.0326. The number of rotatable bonds is 4. The van der Waals surface area contributed by atoms with Gasteiger partial charge in [0.15, 0.2) is 0 Å². The summed E-state index contributed by atoms with van der Waals surface area (Å²) >= 11 is 0. The van der Waals surface area contributed by atoms with Gasteiger partial charge in [-0.25, -0.2) is 0 Å². The van der Waals surface area contributed by atoms with Gasteiger partial charge in [0.2, 0.25) is 0 Å². The second kappa shape index (κ2) is 5.83. The van der Waals surface area contributed by atoms with Crippen molar-refractivity contribution in [1.29, 1.82) is 0 Å². The molecule has 1 atom stereocenters. The first-order chi connectivity index (χ1) is 9.88. The highest BCUT2D eigenvalue weighted by atomic mass is 16.6. The molecule has 5 heteroatoms. The van der Waals surface area contributed by atoms with Crippen LogP contribution in [-0.4, -0.2) is 10.0 Å². The molecule has 0 spiro atoms. The summed E-state index contributed by atoms with van der Waals surface area (Å²) in [6.07, 6.45) is 0. The third kappa shape index (κ3) is 3.31. The number of aromatic hydroxyl groups is 1. The second-order valence-electron chi connectivity index (χ2n) is 5.17. The predicted molar refractivity (Wildman–Crippen MR) is 82.7 cm³/mol. The summed E-state index contributed by atoms with van der Waals surface area (Å²) in [6.45, 7) is 5.58. The van der Waals surface area contributed by atoms with Crippen LogP contribution in [0, 0.1) is 24.0 Å². The zero-order chi connectivity index (χ0) is 15.6. The Balaban J connectivity index is 2.25. The van der Waals surface area contributed by atoms with Crippen molar-refractivity contribution in [1.82, 2.24) is 0 Å². The maximum Gasteiger partial charge on any atom is 0.272 e. The van der Waals surface area contributed by atoms with Crippen LogP contribution < -0.4 is 5.32 Å². The number of nitro groups is 1. The van der Waals surface area contributed by atoms with E-state index in [1.807, 2.05) is 26.0 Å². The van der Waals surface area contributed by atoms with Crippen molar-refractivity contribution in [2.24, 2.45) is 0 Å². The molecule has 21 heavy (non-hydrogen) atoms. The minimum Gasteiger partial charge on any atom is -0.508 e. The second-order valence-corrected chi connectivity index (χ2v) is 5.17. The summed E-state index contributed by atoms with van der Waals surface area (Å²) in [4.78, 5) is 10.6. The third-order valence-corrected chi connectivity index (χ3v) is 3.50. The normalized spacial score (nSPS) is 12.0. The van der Waals surface area contributed by atoms with Crippen LogP contribution in [0.5, 0.6) is 5.75 Å². The molecule has 0 radical (unpaired) electrons. The van der Waals surface area contributed by atoms with Crippen molar-refractivity contribution in [3.8, 4) is 5.75 Å². The molecular weight excluding hydrogens is 268 g/mol. The highest BCUT2D eigenvalue weighted by molar-refractivity contribution is 5.60. The molecule has 5 nitrogen and oxygen atoms in total. The minimum atomic E-state index is -0.366. The van der Waals surface area contributed by atoms with Crippen molar-refractivity contribution in [3.63, 3.8) is 0 Å². The van der Waals surface area contributed by atoms with E-state index in [1.165, 1.54) is 0 Å². The lowest BCUT2D eigenvalue weighted by atomic mass is 10.0. The number of phenolic OH excluding ortho intramolecular Hbond substituents is 1. The lowest BCUT2D eigenvalue weighted by molar-refractivity contribution is -0.385. The SMILES string of the molecule is Cc1cc([N+](=O)[O-])c(C)cc1NC(C)c1ccc(O)cc1. The Morgan fingerprint density at radius 2 is 1.76 bits per heavy atom. The summed E-state index contributed by atoms with van der Waals surface area (Å²) < 4.78 is 0. The van der Waals surface area contributed by atoms with E-state index in [2.05, 4.69) is 5.32 Å². The first-order valence-electron chi connectivity index (χ1n) is 6.69. The standard InChI is InChI=1S/C16H18N2O3/c1-10-9-16(18(20)21)11(2)8-15(10)17-12(3)13-4-6-14(19)7-5-13/h4-9,12,17,19H,1-3H3. The summed E-state index contributed by atoms with van der Waals surface area (Å²) in [5.41, 5.74) is 3.50. The molecule has 0 fully saturated rings. The molecule has 1 unspecified atom stereocenters. The molecule has 0 aliphatic rings. The quantitative estimate of drug-likeness (QED) is 0.655. The van der Waals surface area contributed by atoms with Gasteiger partial charge < -0.3 is 10.4 Å². The zero-order valence-corrected chi connectivity index (χ0v) is 12.3. The number of phenols is 1. The highest BCUT2D eigenvalue weighted by Gasteiger charge is 2.14. The number of nitrogens with zero attached hydrogens (tertiary/aromatic N) is 1. The maximum atomic E-state index is 10.9.